The monoisotopic (exact) mass is 317 g/mol. The van der Waals surface area contributed by atoms with Crippen molar-refractivity contribution in [3.05, 3.63) is 0 Å². The summed E-state index contributed by atoms with van der Waals surface area (Å²) >= 11 is 0. The lowest BCUT2D eigenvalue weighted by molar-refractivity contribution is 0.0766. The molecule has 6 nitrogen and oxygen atoms in total. The van der Waals surface area contributed by atoms with Gasteiger partial charge in [-0.2, -0.15) is 17.4 Å². The Hall–Kier alpha value is -0.210. The standard InChI is InChI=1S/C14H27N3O3S/c18-21(19,16-14-4-2-8-20-11-14)17-7-1-3-12(10-17)9-15-13-5-6-13/h12-16H,1-11H2. The Morgan fingerprint density at radius 3 is 2.67 bits per heavy atom. The topological polar surface area (TPSA) is 70.7 Å². The number of hydrogen-bond acceptors (Lipinski definition) is 4. The molecule has 2 aliphatic heterocycles. The molecule has 2 unspecified atom stereocenters. The molecule has 122 valence electrons. The van der Waals surface area contributed by atoms with Crippen molar-refractivity contribution in [1.29, 1.82) is 0 Å². The van der Waals surface area contributed by atoms with Crippen LogP contribution in [-0.2, 0) is 14.9 Å². The molecule has 7 heteroatoms. The first kappa shape index (κ1) is 15.7. The number of piperidine rings is 1. The van der Waals surface area contributed by atoms with Crippen LogP contribution in [0.5, 0.6) is 0 Å². The molecule has 2 atom stereocenters. The maximum atomic E-state index is 12.5. The third kappa shape index (κ3) is 4.63. The quantitative estimate of drug-likeness (QED) is 0.747. The summed E-state index contributed by atoms with van der Waals surface area (Å²) in [6.07, 6.45) is 6.44. The van der Waals surface area contributed by atoms with Crippen LogP contribution in [0.4, 0.5) is 0 Å². The predicted molar refractivity (Wildman–Crippen MR) is 81.2 cm³/mol. The summed E-state index contributed by atoms with van der Waals surface area (Å²) in [5.74, 6) is 0.443. The molecule has 2 N–H and O–H groups in total. The van der Waals surface area contributed by atoms with Crippen molar-refractivity contribution in [2.75, 3.05) is 32.8 Å². The lowest BCUT2D eigenvalue weighted by atomic mass is 10.00. The van der Waals surface area contributed by atoms with Gasteiger partial charge in [-0.15, -0.1) is 0 Å². The van der Waals surface area contributed by atoms with Crippen LogP contribution in [0.3, 0.4) is 0 Å². The van der Waals surface area contributed by atoms with Gasteiger partial charge in [-0.05, 0) is 51.0 Å². The Bertz CT molecular complexity index is 433. The minimum absolute atomic E-state index is 0.0614. The second-order valence-corrected chi connectivity index (χ2v) is 8.29. The maximum Gasteiger partial charge on any atom is 0.279 e. The summed E-state index contributed by atoms with van der Waals surface area (Å²) in [6.45, 7) is 3.48. The average molecular weight is 317 g/mol. The largest absolute Gasteiger partial charge is 0.380 e. The van der Waals surface area contributed by atoms with Crippen molar-refractivity contribution in [3.8, 4) is 0 Å². The predicted octanol–water partition coefficient (Wildman–Crippen LogP) is 0.464. The number of ether oxygens (including phenoxy) is 1. The van der Waals surface area contributed by atoms with E-state index >= 15 is 0 Å². The molecule has 0 spiro atoms. The van der Waals surface area contributed by atoms with E-state index in [1.807, 2.05) is 0 Å². The number of rotatable bonds is 6. The van der Waals surface area contributed by atoms with Gasteiger partial charge in [0.05, 0.1) is 6.61 Å². The third-order valence-electron chi connectivity index (χ3n) is 4.57. The normalized spacial score (nSPS) is 32.2. The summed E-state index contributed by atoms with van der Waals surface area (Å²) in [4.78, 5) is 0. The highest BCUT2D eigenvalue weighted by Gasteiger charge is 2.32. The summed E-state index contributed by atoms with van der Waals surface area (Å²) < 4.78 is 34.8. The summed E-state index contributed by atoms with van der Waals surface area (Å²) in [5.41, 5.74) is 0. The van der Waals surface area contributed by atoms with E-state index < -0.39 is 10.2 Å². The minimum Gasteiger partial charge on any atom is -0.380 e. The van der Waals surface area contributed by atoms with Crippen LogP contribution in [0.25, 0.3) is 0 Å². The molecular weight excluding hydrogens is 290 g/mol. The molecule has 1 saturated carbocycles. The number of nitrogens with zero attached hydrogens (tertiary/aromatic N) is 1. The molecule has 3 fully saturated rings. The minimum atomic E-state index is -3.36. The van der Waals surface area contributed by atoms with Crippen molar-refractivity contribution in [2.45, 2.75) is 50.6 Å². The highest BCUT2D eigenvalue weighted by atomic mass is 32.2. The van der Waals surface area contributed by atoms with Gasteiger partial charge in [0.25, 0.3) is 10.2 Å². The summed E-state index contributed by atoms with van der Waals surface area (Å²) in [7, 11) is -3.36. The van der Waals surface area contributed by atoms with Gasteiger partial charge in [-0.1, -0.05) is 0 Å². The molecule has 0 aromatic carbocycles. The van der Waals surface area contributed by atoms with Crippen LogP contribution >= 0.6 is 0 Å². The highest BCUT2D eigenvalue weighted by molar-refractivity contribution is 7.87. The van der Waals surface area contributed by atoms with Crippen molar-refractivity contribution < 1.29 is 13.2 Å². The zero-order chi connectivity index (χ0) is 14.7. The zero-order valence-electron chi connectivity index (χ0n) is 12.6. The number of nitrogens with one attached hydrogen (secondary N) is 2. The maximum absolute atomic E-state index is 12.5. The van der Waals surface area contributed by atoms with Gasteiger partial charge >= 0.3 is 0 Å². The Labute approximate surface area is 127 Å². The molecule has 1 aliphatic carbocycles. The van der Waals surface area contributed by atoms with Crippen LogP contribution in [0.1, 0.15) is 38.5 Å². The van der Waals surface area contributed by atoms with Crippen LogP contribution in [0.15, 0.2) is 0 Å². The van der Waals surface area contributed by atoms with Gasteiger partial charge in [0.1, 0.15) is 0 Å². The van der Waals surface area contributed by atoms with E-state index in [-0.39, 0.29) is 6.04 Å². The van der Waals surface area contributed by atoms with Gasteiger partial charge in [0, 0.05) is 31.8 Å². The molecule has 3 rings (SSSR count). The lowest BCUT2D eigenvalue weighted by Crippen LogP contribution is -2.51. The fraction of sp³-hybridized carbons (Fsp3) is 1.00. The molecule has 2 saturated heterocycles. The van der Waals surface area contributed by atoms with E-state index in [9.17, 15) is 8.42 Å². The number of hydrogen-bond donors (Lipinski definition) is 2. The molecule has 0 aromatic rings. The van der Waals surface area contributed by atoms with Crippen molar-refractivity contribution >= 4 is 10.2 Å². The first-order chi connectivity index (χ1) is 10.1. The van der Waals surface area contributed by atoms with Gasteiger partial charge in [-0.3, -0.25) is 0 Å². The summed E-state index contributed by atoms with van der Waals surface area (Å²) in [5, 5.41) is 3.52. The first-order valence-electron chi connectivity index (χ1n) is 8.22. The zero-order valence-corrected chi connectivity index (χ0v) is 13.4. The second kappa shape index (κ2) is 6.91. The van der Waals surface area contributed by atoms with Gasteiger partial charge in [-0.25, -0.2) is 0 Å². The van der Waals surface area contributed by atoms with E-state index in [2.05, 4.69) is 10.0 Å². The van der Waals surface area contributed by atoms with Crippen molar-refractivity contribution in [3.63, 3.8) is 0 Å². The fourth-order valence-electron chi connectivity index (χ4n) is 3.15. The molecular formula is C14H27N3O3S. The first-order valence-corrected chi connectivity index (χ1v) is 9.66. The molecule has 0 bridgehead atoms. The molecule has 21 heavy (non-hydrogen) atoms. The SMILES string of the molecule is O=S(=O)(NC1CCCOC1)N1CCCC(CNC2CC2)C1. The van der Waals surface area contributed by atoms with Crippen molar-refractivity contribution in [1.82, 2.24) is 14.3 Å². The highest BCUT2D eigenvalue weighted by Crippen LogP contribution is 2.22. The van der Waals surface area contributed by atoms with Crippen molar-refractivity contribution in [2.24, 2.45) is 5.92 Å². The average Bonchev–Trinajstić information content (AvgIpc) is 3.30. The molecule has 0 radical (unpaired) electrons. The Morgan fingerprint density at radius 1 is 1.10 bits per heavy atom. The van der Waals surface area contributed by atoms with Crippen LogP contribution < -0.4 is 10.0 Å². The Balaban J connectivity index is 1.50. The van der Waals surface area contributed by atoms with Gasteiger partial charge in [0.15, 0.2) is 0 Å². The summed E-state index contributed by atoms with van der Waals surface area (Å²) in [6, 6.07) is 0.628. The third-order valence-corrected chi connectivity index (χ3v) is 6.21. The van der Waals surface area contributed by atoms with E-state index in [1.54, 1.807) is 4.31 Å². The molecule has 0 amide bonds. The Morgan fingerprint density at radius 2 is 1.95 bits per heavy atom. The van der Waals surface area contributed by atoms with E-state index in [4.69, 9.17) is 4.74 Å². The van der Waals surface area contributed by atoms with E-state index in [0.29, 0.717) is 31.7 Å². The fourth-order valence-corrected chi connectivity index (χ4v) is 4.68. The lowest BCUT2D eigenvalue weighted by Gasteiger charge is -2.34. The van der Waals surface area contributed by atoms with Crippen LogP contribution in [-0.4, -0.2) is 57.7 Å². The molecule has 2 heterocycles. The van der Waals surface area contributed by atoms with E-state index in [0.717, 1.165) is 38.8 Å². The smallest absolute Gasteiger partial charge is 0.279 e. The second-order valence-electron chi connectivity index (χ2n) is 6.59. The molecule has 3 aliphatic rings. The molecule has 0 aromatic heterocycles. The van der Waals surface area contributed by atoms with Crippen LogP contribution in [0.2, 0.25) is 0 Å². The Kier molecular flexibility index (Phi) is 5.16. The van der Waals surface area contributed by atoms with Crippen LogP contribution in [0, 0.1) is 5.92 Å². The van der Waals surface area contributed by atoms with Gasteiger partial charge in [0.2, 0.25) is 0 Å². The van der Waals surface area contributed by atoms with Gasteiger partial charge < -0.3 is 10.1 Å². The van der Waals surface area contributed by atoms with E-state index in [1.165, 1.54) is 12.8 Å².